The molecule has 0 saturated carbocycles. The molecule has 0 spiro atoms. The first-order valence-corrected chi connectivity index (χ1v) is 9.42. The van der Waals surface area contributed by atoms with Crippen LogP contribution < -0.4 is 5.84 Å². The van der Waals surface area contributed by atoms with E-state index in [1.807, 2.05) is 19.1 Å². The fraction of sp³-hybridized carbons (Fsp3) is 0.300. The molecule has 0 bridgehead atoms. The molecule has 2 N–H and O–H groups in total. The number of hydrazone groups is 1. The summed E-state index contributed by atoms with van der Waals surface area (Å²) >= 11 is 1.26. The molecule has 0 radical (unpaired) electrons. The average Bonchev–Trinajstić information content (AvgIpc) is 2.67. The van der Waals surface area contributed by atoms with Crippen molar-refractivity contribution >= 4 is 27.7 Å². The molecule has 0 aliphatic heterocycles. The number of amidine groups is 1. The molecule has 7 heteroatoms. The summed E-state index contributed by atoms with van der Waals surface area (Å²) in [5, 5.41) is 4.18. The summed E-state index contributed by atoms with van der Waals surface area (Å²) in [5.41, 5.74) is 2.66. The molecule has 0 aliphatic rings. The van der Waals surface area contributed by atoms with Crippen LogP contribution in [0, 0.1) is 0 Å². The molecule has 2 rings (SSSR count). The van der Waals surface area contributed by atoms with Gasteiger partial charge in [-0.2, -0.15) is 5.10 Å². The van der Waals surface area contributed by atoms with Crippen molar-refractivity contribution in [3.8, 4) is 0 Å². The topological polar surface area (TPSA) is 84.5 Å². The molecule has 1 aromatic carbocycles. The highest BCUT2D eigenvalue weighted by atomic mass is 32.2. The van der Waals surface area contributed by atoms with Crippen LogP contribution in [0.15, 0.2) is 54.7 Å². The van der Waals surface area contributed by atoms with Crippen LogP contribution in [0.4, 0.5) is 0 Å². The van der Waals surface area contributed by atoms with E-state index >= 15 is 0 Å². The number of hydrogen-bond acceptors (Lipinski definition) is 6. The third-order valence-electron chi connectivity index (χ3n) is 4.00. The average molecular weight is 384 g/mol. The molecule has 6 nitrogen and oxygen atoms in total. The first-order valence-electron chi connectivity index (χ1n) is 8.60. The van der Waals surface area contributed by atoms with Crippen molar-refractivity contribution < 1.29 is 4.79 Å². The lowest BCUT2D eigenvalue weighted by atomic mass is 9.87. The van der Waals surface area contributed by atoms with Crippen molar-refractivity contribution in [2.45, 2.75) is 33.1 Å². The Bertz CT molecular complexity index is 826. The molecule has 2 aromatic rings. The highest BCUT2D eigenvalue weighted by Crippen LogP contribution is 2.30. The van der Waals surface area contributed by atoms with Crippen LogP contribution in [-0.2, 0) is 5.41 Å². The summed E-state index contributed by atoms with van der Waals surface area (Å²) in [6, 6.07) is 8.22. The largest absolute Gasteiger partial charge is 0.321 e. The third-order valence-corrected chi connectivity index (χ3v) is 4.99. The Labute approximate surface area is 164 Å². The molecule has 0 unspecified atom stereocenters. The number of hydrogen-bond donors (Lipinski definition) is 1. The van der Waals surface area contributed by atoms with E-state index < -0.39 is 0 Å². The smallest absolute Gasteiger partial charge is 0.263 e. The Kier molecular flexibility index (Phi) is 6.74. The Morgan fingerprint density at radius 1 is 1.19 bits per heavy atom. The molecule has 0 fully saturated rings. The van der Waals surface area contributed by atoms with Gasteiger partial charge in [0.15, 0.2) is 5.17 Å². The van der Waals surface area contributed by atoms with Gasteiger partial charge in [-0.1, -0.05) is 51.6 Å². The highest BCUT2D eigenvalue weighted by Gasteiger charge is 2.22. The molecular weight excluding hydrogens is 358 g/mol. The maximum atomic E-state index is 12.7. The number of carbonyl (C=O) groups excluding carboxylic acids is 1. The second-order valence-corrected chi connectivity index (χ2v) is 8.00. The van der Waals surface area contributed by atoms with Gasteiger partial charge in [-0.3, -0.25) is 9.69 Å². The van der Waals surface area contributed by atoms with E-state index in [1.54, 1.807) is 0 Å². The van der Waals surface area contributed by atoms with Gasteiger partial charge in [-0.15, -0.1) is 0 Å². The number of nitrogens with two attached hydrogens (primary N) is 1. The van der Waals surface area contributed by atoms with Crippen LogP contribution >= 0.6 is 11.8 Å². The number of thioether (sulfide) groups is 1. The van der Waals surface area contributed by atoms with Gasteiger partial charge in [0.25, 0.3) is 5.91 Å². The lowest BCUT2D eigenvalue weighted by molar-refractivity contribution is 0.0854. The van der Waals surface area contributed by atoms with E-state index in [4.69, 9.17) is 5.84 Å². The number of benzene rings is 1. The van der Waals surface area contributed by atoms with Crippen molar-refractivity contribution in [1.82, 2.24) is 14.9 Å². The van der Waals surface area contributed by atoms with Crippen LogP contribution in [-0.4, -0.2) is 32.5 Å². The van der Waals surface area contributed by atoms with Crippen molar-refractivity contribution in [2.75, 3.05) is 6.54 Å². The molecule has 1 heterocycles. The van der Waals surface area contributed by atoms with Crippen molar-refractivity contribution in [3.63, 3.8) is 0 Å². The summed E-state index contributed by atoms with van der Waals surface area (Å²) < 4.78 is 0. The van der Waals surface area contributed by atoms with Gasteiger partial charge in [0, 0.05) is 23.8 Å². The summed E-state index contributed by atoms with van der Waals surface area (Å²) in [7, 11) is 0. The lowest BCUT2D eigenvalue weighted by Gasteiger charge is -2.22. The molecule has 1 aromatic heterocycles. The van der Waals surface area contributed by atoms with E-state index in [0.29, 0.717) is 17.3 Å². The molecule has 142 valence electrons. The Balaban J connectivity index is 2.17. The van der Waals surface area contributed by atoms with Crippen molar-refractivity contribution in [1.29, 1.82) is 0 Å². The second-order valence-electron chi connectivity index (χ2n) is 6.94. The molecular formula is C20H25N5OS. The van der Waals surface area contributed by atoms with Gasteiger partial charge in [0.2, 0.25) is 0 Å². The third kappa shape index (κ3) is 5.17. The number of rotatable bonds is 4. The zero-order chi connectivity index (χ0) is 20.0. The fourth-order valence-corrected chi connectivity index (χ4v) is 3.26. The van der Waals surface area contributed by atoms with Gasteiger partial charge >= 0.3 is 0 Å². The van der Waals surface area contributed by atoms with E-state index in [-0.39, 0.29) is 11.3 Å². The number of amides is 1. The maximum absolute atomic E-state index is 12.7. The fourth-order valence-electron chi connectivity index (χ4n) is 2.41. The monoisotopic (exact) mass is 383 g/mol. The molecule has 1 amide bonds. The molecule has 0 aliphatic carbocycles. The summed E-state index contributed by atoms with van der Waals surface area (Å²) in [4.78, 5) is 22.7. The zero-order valence-electron chi connectivity index (χ0n) is 16.1. The summed E-state index contributed by atoms with van der Waals surface area (Å²) in [5.74, 6) is 5.31. The van der Waals surface area contributed by atoms with Crippen LogP contribution in [0.3, 0.4) is 0 Å². The normalized spacial score (nSPS) is 11.9. The van der Waals surface area contributed by atoms with Crippen LogP contribution in [0.25, 0.3) is 4.91 Å². The van der Waals surface area contributed by atoms with Gasteiger partial charge in [0.05, 0.1) is 5.56 Å². The Morgan fingerprint density at radius 2 is 1.78 bits per heavy atom. The summed E-state index contributed by atoms with van der Waals surface area (Å²) in [6.07, 6.45) is 4.32. The van der Waals surface area contributed by atoms with Crippen LogP contribution in [0.5, 0.6) is 0 Å². The molecule has 0 atom stereocenters. The van der Waals surface area contributed by atoms with Gasteiger partial charge in [0.1, 0.15) is 6.33 Å². The van der Waals surface area contributed by atoms with E-state index in [1.165, 1.54) is 40.9 Å². The quantitative estimate of drug-likeness (QED) is 0.375. The summed E-state index contributed by atoms with van der Waals surface area (Å²) in [6.45, 7) is 12.9. The standard InChI is InChI=1S/C20H25N5OS/c1-6-25(18(26)16-11-22-13-23-12-16)19(24-21)27-14(2)15-7-9-17(10-8-15)20(3,4)5/h7-13H,2,6,21H2,1,3-5H3/b24-19-. The second kappa shape index (κ2) is 8.81. The molecule has 27 heavy (non-hydrogen) atoms. The Morgan fingerprint density at radius 3 is 2.26 bits per heavy atom. The first-order chi connectivity index (χ1) is 12.8. The lowest BCUT2D eigenvalue weighted by Crippen LogP contribution is -2.35. The van der Waals surface area contributed by atoms with Crippen molar-refractivity contribution in [3.05, 3.63) is 66.3 Å². The van der Waals surface area contributed by atoms with Crippen LogP contribution in [0.1, 0.15) is 49.2 Å². The van der Waals surface area contributed by atoms with E-state index in [9.17, 15) is 4.79 Å². The Hall–Kier alpha value is -2.67. The van der Waals surface area contributed by atoms with Gasteiger partial charge in [-0.05, 0) is 35.2 Å². The predicted molar refractivity (Wildman–Crippen MR) is 112 cm³/mol. The predicted octanol–water partition coefficient (Wildman–Crippen LogP) is 3.87. The minimum absolute atomic E-state index is 0.0834. The maximum Gasteiger partial charge on any atom is 0.263 e. The van der Waals surface area contributed by atoms with E-state index in [2.05, 4.69) is 54.6 Å². The minimum atomic E-state index is -0.259. The van der Waals surface area contributed by atoms with E-state index in [0.717, 1.165) is 10.5 Å². The number of aromatic nitrogens is 2. The number of nitrogens with zero attached hydrogens (tertiary/aromatic N) is 4. The van der Waals surface area contributed by atoms with Crippen LogP contribution in [0.2, 0.25) is 0 Å². The number of carbonyl (C=O) groups is 1. The van der Waals surface area contributed by atoms with Crippen molar-refractivity contribution in [2.24, 2.45) is 10.9 Å². The van der Waals surface area contributed by atoms with Gasteiger partial charge in [-0.25, -0.2) is 9.97 Å². The SMILES string of the molecule is C=C(S/C(=N\N)N(CC)C(=O)c1cncnc1)c1ccc(C(C)(C)C)cc1. The van der Waals surface area contributed by atoms with Gasteiger partial charge < -0.3 is 5.84 Å². The zero-order valence-corrected chi connectivity index (χ0v) is 17.0. The minimum Gasteiger partial charge on any atom is -0.321 e. The highest BCUT2D eigenvalue weighted by molar-refractivity contribution is 8.21. The first kappa shape index (κ1) is 20.6. The molecule has 0 saturated heterocycles.